The molecule has 12 heteroatoms. The third kappa shape index (κ3) is 4.61. The van der Waals surface area contributed by atoms with Crippen LogP contribution in [0.15, 0.2) is 87.3 Å². The van der Waals surface area contributed by atoms with Crippen LogP contribution in [0.4, 0.5) is 9.52 Å². The third-order valence-electron chi connectivity index (χ3n) is 6.45. The molecule has 4 heterocycles. The summed E-state index contributed by atoms with van der Waals surface area (Å²) >= 11 is 5.86. The SMILES string of the molecule is Cc1nc2ccccn2c1C(O)=C1C(=O)C(=O)N(c2nnc(SCc3ccccc3F)s2)C1c1cccc(Br)c1. The second-order valence-electron chi connectivity index (χ2n) is 8.93. The molecule has 1 N–H and O–H groups in total. The Balaban J connectivity index is 1.45. The molecule has 1 aliphatic heterocycles. The number of rotatable bonds is 6. The number of aryl methyl sites for hydroxylation is 1. The van der Waals surface area contributed by atoms with E-state index in [4.69, 9.17) is 0 Å². The number of benzene rings is 2. The highest BCUT2D eigenvalue weighted by atomic mass is 79.9. The summed E-state index contributed by atoms with van der Waals surface area (Å²) < 4.78 is 17.0. The summed E-state index contributed by atoms with van der Waals surface area (Å²) in [6.45, 7) is 1.73. The average molecular weight is 637 g/mol. The quantitative estimate of drug-likeness (QED) is 0.0766. The Morgan fingerprint density at radius 2 is 1.90 bits per heavy atom. The number of nitrogens with zero attached hydrogens (tertiary/aromatic N) is 5. The van der Waals surface area contributed by atoms with Gasteiger partial charge in [0.05, 0.1) is 17.3 Å². The van der Waals surface area contributed by atoms with Gasteiger partial charge in [0.15, 0.2) is 10.1 Å². The van der Waals surface area contributed by atoms with Gasteiger partial charge in [-0.2, -0.15) is 0 Å². The molecule has 3 aromatic heterocycles. The number of Topliss-reactive ketones (excluding diaryl/α,β-unsaturated/α-hetero) is 1. The van der Waals surface area contributed by atoms with Gasteiger partial charge in [-0.1, -0.05) is 75.4 Å². The van der Waals surface area contributed by atoms with Crippen molar-refractivity contribution in [2.75, 3.05) is 4.90 Å². The van der Waals surface area contributed by atoms with E-state index < -0.39 is 17.7 Å². The van der Waals surface area contributed by atoms with Gasteiger partial charge in [0.25, 0.3) is 5.78 Å². The number of thioether (sulfide) groups is 1. The fourth-order valence-electron chi connectivity index (χ4n) is 4.66. The molecule has 0 saturated carbocycles. The van der Waals surface area contributed by atoms with Gasteiger partial charge in [0.2, 0.25) is 5.13 Å². The maximum absolute atomic E-state index is 14.1. The molecule has 2 aromatic carbocycles. The molecule has 1 aliphatic rings. The van der Waals surface area contributed by atoms with E-state index in [0.717, 1.165) is 15.8 Å². The lowest BCUT2D eigenvalue weighted by atomic mass is 9.96. The smallest absolute Gasteiger partial charge is 0.301 e. The highest BCUT2D eigenvalue weighted by Gasteiger charge is 2.49. The number of carbonyl (C=O) groups is 2. The Labute approximate surface area is 244 Å². The minimum atomic E-state index is -0.969. The molecule has 1 atom stereocenters. The first kappa shape index (κ1) is 26.4. The van der Waals surface area contributed by atoms with Crippen LogP contribution in [0.25, 0.3) is 11.4 Å². The molecular formula is C28H19BrFN5O3S2. The molecule has 1 saturated heterocycles. The number of anilines is 1. The number of fused-ring (bicyclic) bond motifs is 1. The zero-order chi connectivity index (χ0) is 28.0. The molecular weight excluding hydrogens is 617 g/mol. The number of carbonyl (C=O) groups excluding carboxylic acids is 2. The maximum atomic E-state index is 14.1. The summed E-state index contributed by atoms with van der Waals surface area (Å²) in [7, 11) is 0. The van der Waals surface area contributed by atoms with E-state index in [0.29, 0.717) is 38.3 Å². The normalized spacial score (nSPS) is 16.8. The molecule has 8 nitrogen and oxygen atoms in total. The predicted molar refractivity (Wildman–Crippen MR) is 155 cm³/mol. The molecule has 5 aromatic rings. The number of ketones is 1. The Morgan fingerprint density at radius 1 is 1.10 bits per heavy atom. The molecule has 6 rings (SSSR count). The van der Waals surface area contributed by atoms with Crippen LogP contribution in [0, 0.1) is 12.7 Å². The van der Waals surface area contributed by atoms with Crippen molar-refractivity contribution in [3.8, 4) is 0 Å². The largest absolute Gasteiger partial charge is 0.505 e. The molecule has 0 aliphatic carbocycles. The predicted octanol–water partition coefficient (Wildman–Crippen LogP) is 6.31. The van der Waals surface area contributed by atoms with Crippen molar-refractivity contribution in [2.45, 2.75) is 23.1 Å². The van der Waals surface area contributed by atoms with Crippen molar-refractivity contribution in [3.05, 3.63) is 111 Å². The number of aliphatic hydroxyl groups excluding tert-OH is 1. The number of aromatic nitrogens is 4. The number of pyridine rings is 1. The van der Waals surface area contributed by atoms with Gasteiger partial charge >= 0.3 is 5.91 Å². The second kappa shape index (κ2) is 10.6. The molecule has 1 fully saturated rings. The van der Waals surface area contributed by atoms with Crippen LogP contribution < -0.4 is 4.90 Å². The van der Waals surface area contributed by atoms with Crippen LogP contribution in [-0.2, 0) is 15.3 Å². The van der Waals surface area contributed by atoms with E-state index in [1.807, 2.05) is 12.1 Å². The van der Waals surface area contributed by atoms with E-state index in [-0.39, 0.29) is 22.3 Å². The summed E-state index contributed by atoms with van der Waals surface area (Å²) in [5.41, 5.74) is 2.46. The van der Waals surface area contributed by atoms with E-state index in [9.17, 15) is 19.1 Å². The Morgan fingerprint density at radius 3 is 2.70 bits per heavy atom. The number of hydrogen-bond acceptors (Lipinski definition) is 8. The van der Waals surface area contributed by atoms with Gasteiger partial charge in [-0.25, -0.2) is 9.37 Å². The Kier molecular flexibility index (Phi) is 6.99. The Bertz CT molecular complexity index is 1840. The summed E-state index contributed by atoms with van der Waals surface area (Å²) in [4.78, 5) is 32.8. The summed E-state index contributed by atoms with van der Waals surface area (Å²) in [6, 6.07) is 18.1. The van der Waals surface area contributed by atoms with Crippen LogP contribution in [0.1, 0.15) is 28.6 Å². The summed E-state index contributed by atoms with van der Waals surface area (Å²) in [6.07, 6.45) is 1.73. The molecule has 0 spiro atoms. The lowest BCUT2D eigenvalue weighted by Gasteiger charge is -2.22. The standard InChI is InChI=1S/C28H19BrFN5O3S2/c1-15-22(34-12-5-4-11-20(34)31-15)24(36)21-23(16-8-6-9-18(29)13-16)35(26(38)25(21)37)27-32-33-28(40-27)39-14-17-7-2-3-10-19(17)30/h2-13,23,36H,14H2,1H3. The monoisotopic (exact) mass is 635 g/mol. The fraction of sp³-hybridized carbons (Fsp3) is 0.107. The molecule has 0 radical (unpaired) electrons. The van der Waals surface area contributed by atoms with Crippen molar-refractivity contribution in [1.29, 1.82) is 0 Å². The number of halogens is 2. The molecule has 1 unspecified atom stereocenters. The second-order valence-corrected chi connectivity index (χ2v) is 12.0. The Hall–Kier alpha value is -3.87. The van der Waals surface area contributed by atoms with E-state index >= 15 is 0 Å². The topological polar surface area (TPSA) is 101 Å². The summed E-state index contributed by atoms with van der Waals surface area (Å²) in [5.74, 6) is -2.00. The van der Waals surface area contributed by atoms with Gasteiger partial charge in [-0.3, -0.25) is 18.9 Å². The minimum Gasteiger partial charge on any atom is -0.505 e. The zero-order valence-corrected chi connectivity index (χ0v) is 24.0. The highest BCUT2D eigenvalue weighted by molar-refractivity contribution is 9.10. The molecule has 0 bridgehead atoms. The first-order chi connectivity index (χ1) is 19.3. The van der Waals surface area contributed by atoms with E-state index in [1.165, 1.54) is 22.7 Å². The van der Waals surface area contributed by atoms with Gasteiger partial charge in [0.1, 0.15) is 17.2 Å². The van der Waals surface area contributed by atoms with Crippen LogP contribution in [-0.4, -0.2) is 36.4 Å². The van der Waals surface area contributed by atoms with Crippen LogP contribution in [0.2, 0.25) is 0 Å². The maximum Gasteiger partial charge on any atom is 0.301 e. The van der Waals surface area contributed by atoms with E-state index in [1.54, 1.807) is 66.1 Å². The number of amides is 1. The number of aliphatic hydroxyl groups is 1. The van der Waals surface area contributed by atoms with Gasteiger partial charge in [0, 0.05) is 16.4 Å². The minimum absolute atomic E-state index is 0.0763. The highest BCUT2D eigenvalue weighted by Crippen LogP contribution is 2.44. The van der Waals surface area contributed by atoms with Crippen LogP contribution in [0.3, 0.4) is 0 Å². The molecule has 1 amide bonds. The first-order valence-corrected chi connectivity index (χ1v) is 14.6. The van der Waals surface area contributed by atoms with Crippen molar-refractivity contribution in [1.82, 2.24) is 19.6 Å². The molecule has 200 valence electrons. The van der Waals surface area contributed by atoms with Crippen molar-refractivity contribution < 1.29 is 19.1 Å². The number of hydrogen-bond donors (Lipinski definition) is 1. The van der Waals surface area contributed by atoms with Crippen LogP contribution >= 0.6 is 39.0 Å². The fourth-order valence-corrected chi connectivity index (χ4v) is 6.93. The molecule has 40 heavy (non-hydrogen) atoms. The zero-order valence-electron chi connectivity index (χ0n) is 20.8. The lowest BCUT2D eigenvalue weighted by Crippen LogP contribution is -2.29. The van der Waals surface area contributed by atoms with Crippen molar-refractivity contribution in [3.63, 3.8) is 0 Å². The average Bonchev–Trinajstić information content (AvgIpc) is 3.61. The van der Waals surface area contributed by atoms with Gasteiger partial charge in [-0.15, -0.1) is 10.2 Å². The summed E-state index contributed by atoms with van der Waals surface area (Å²) in [5, 5.41) is 20.2. The number of imidazole rings is 1. The third-order valence-corrected chi connectivity index (χ3v) is 9.05. The first-order valence-electron chi connectivity index (χ1n) is 12.0. The van der Waals surface area contributed by atoms with Gasteiger partial charge < -0.3 is 5.11 Å². The lowest BCUT2D eigenvalue weighted by molar-refractivity contribution is -0.132. The van der Waals surface area contributed by atoms with Crippen molar-refractivity contribution in [2.24, 2.45) is 0 Å². The van der Waals surface area contributed by atoms with Gasteiger partial charge in [-0.05, 0) is 48.4 Å². The van der Waals surface area contributed by atoms with Crippen LogP contribution in [0.5, 0.6) is 0 Å². The van der Waals surface area contributed by atoms with Crippen molar-refractivity contribution >= 4 is 67.3 Å². The van der Waals surface area contributed by atoms with E-state index in [2.05, 4.69) is 31.1 Å².